The lowest BCUT2D eigenvalue weighted by Gasteiger charge is -2.02. The van der Waals surface area contributed by atoms with Crippen LogP contribution in [0, 0.1) is 0 Å². The van der Waals surface area contributed by atoms with Crippen LogP contribution in [0.1, 0.15) is 37.7 Å². The van der Waals surface area contributed by atoms with Gasteiger partial charge in [0, 0.05) is 5.56 Å². The predicted molar refractivity (Wildman–Crippen MR) is 68.8 cm³/mol. The maximum atomic E-state index is 9.40. The van der Waals surface area contributed by atoms with Gasteiger partial charge in [-0.15, -0.1) is 0 Å². The van der Waals surface area contributed by atoms with E-state index in [1.54, 1.807) is 6.92 Å². The van der Waals surface area contributed by atoms with Crippen molar-refractivity contribution in [3.8, 4) is 11.3 Å². The molecule has 2 rings (SSSR count). The highest BCUT2D eigenvalue weighted by Crippen LogP contribution is 2.25. The highest BCUT2D eigenvalue weighted by molar-refractivity contribution is 5.58. The number of rotatable bonds is 4. The number of benzene rings is 1. The minimum absolute atomic E-state index is 0.553. The number of aliphatic hydroxyl groups excluding tert-OH is 1. The fourth-order valence-electron chi connectivity index (χ4n) is 1.86. The molecule has 1 aromatic carbocycles. The van der Waals surface area contributed by atoms with Gasteiger partial charge in [0.1, 0.15) is 17.6 Å². The zero-order valence-electron chi connectivity index (χ0n) is 10.3. The number of hydrogen-bond donors (Lipinski definition) is 1. The topological polar surface area (TPSA) is 33.4 Å². The van der Waals surface area contributed by atoms with Gasteiger partial charge in [-0.05, 0) is 31.0 Å². The second kappa shape index (κ2) is 5.19. The van der Waals surface area contributed by atoms with Crippen LogP contribution in [-0.4, -0.2) is 5.11 Å². The molecule has 1 N–H and O–H groups in total. The van der Waals surface area contributed by atoms with Gasteiger partial charge in [0.15, 0.2) is 0 Å². The Kier molecular flexibility index (Phi) is 3.64. The van der Waals surface area contributed by atoms with Crippen molar-refractivity contribution in [3.05, 3.63) is 47.7 Å². The maximum absolute atomic E-state index is 9.40. The Morgan fingerprint density at radius 1 is 1.12 bits per heavy atom. The quantitative estimate of drug-likeness (QED) is 0.862. The maximum Gasteiger partial charge on any atom is 0.134 e. The van der Waals surface area contributed by atoms with Crippen molar-refractivity contribution in [2.24, 2.45) is 0 Å². The molecule has 0 bridgehead atoms. The molecular weight excluding hydrogens is 212 g/mol. The first kappa shape index (κ1) is 11.9. The number of aryl methyl sites for hydroxylation is 1. The summed E-state index contributed by atoms with van der Waals surface area (Å²) >= 11 is 0. The first-order chi connectivity index (χ1) is 8.20. The largest absolute Gasteiger partial charge is 0.458 e. The van der Waals surface area contributed by atoms with Crippen molar-refractivity contribution >= 4 is 0 Å². The molecule has 0 spiro atoms. The van der Waals surface area contributed by atoms with Gasteiger partial charge in [-0.25, -0.2) is 0 Å². The van der Waals surface area contributed by atoms with E-state index in [1.807, 2.05) is 12.1 Å². The average molecular weight is 230 g/mol. The van der Waals surface area contributed by atoms with E-state index in [0.717, 1.165) is 24.2 Å². The second-order valence-electron chi connectivity index (χ2n) is 4.32. The number of aliphatic hydroxyl groups is 1. The highest BCUT2D eigenvalue weighted by atomic mass is 16.4. The van der Waals surface area contributed by atoms with E-state index in [4.69, 9.17) is 4.42 Å². The van der Waals surface area contributed by atoms with Gasteiger partial charge in [0.25, 0.3) is 0 Å². The summed E-state index contributed by atoms with van der Waals surface area (Å²) < 4.78 is 5.58. The molecule has 0 aliphatic rings. The Bertz CT molecular complexity index is 466. The lowest BCUT2D eigenvalue weighted by Crippen LogP contribution is -1.86. The van der Waals surface area contributed by atoms with Gasteiger partial charge in [-0.1, -0.05) is 37.6 Å². The number of furan rings is 1. The van der Waals surface area contributed by atoms with Crippen LogP contribution in [0.25, 0.3) is 11.3 Å². The lowest BCUT2D eigenvalue weighted by atomic mass is 10.1. The Morgan fingerprint density at radius 2 is 1.82 bits per heavy atom. The third-order valence-electron chi connectivity index (χ3n) is 2.82. The van der Waals surface area contributed by atoms with Gasteiger partial charge < -0.3 is 9.52 Å². The molecule has 1 unspecified atom stereocenters. The third kappa shape index (κ3) is 2.77. The van der Waals surface area contributed by atoms with E-state index in [1.165, 1.54) is 5.56 Å². The molecule has 1 heterocycles. The van der Waals surface area contributed by atoms with Gasteiger partial charge in [0.05, 0.1) is 0 Å². The molecule has 0 aliphatic carbocycles. The summed E-state index contributed by atoms with van der Waals surface area (Å²) in [5.41, 5.74) is 2.40. The van der Waals surface area contributed by atoms with Crippen molar-refractivity contribution in [1.82, 2.24) is 0 Å². The molecular formula is C15H18O2. The molecule has 90 valence electrons. The third-order valence-corrected chi connectivity index (χ3v) is 2.82. The van der Waals surface area contributed by atoms with Crippen LogP contribution < -0.4 is 0 Å². The van der Waals surface area contributed by atoms with Crippen LogP contribution in [-0.2, 0) is 6.42 Å². The molecule has 2 aromatic rings. The first-order valence-corrected chi connectivity index (χ1v) is 6.08. The molecule has 2 nitrogen and oxygen atoms in total. The van der Waals surface area contributed by atoms with Gasteiger partial charge in [-0.3, -0.25) is 0 Å². The molecule has 0 fully saturated rings. The standard InChI is InChI=1S/C15H18O2/c1-3-4-12-5-7-13(8-6-12)15-10-9-14(17-15)11(2)16/h5-11,16H,3-4H2,1-2H3. The lowest BCUT2D eigenvalue weighted by molar-refractivity contribution is 0.170. The summed E-state index contributed by atoms with van der Waals surface area (Å²) in [7, 11) is 0. The summed E-state index contributed by atoms with van der Waals surface area (Å²) in [4.78, 5) is 0. The van der Waals surface area contributed by atoms with Crippen LogP contribution in [0.2, 0.25) is 0 Å². The fraction of sp³-hybridized carbons (Fsp3) is 0.333. The van der Waals surface area contributed by atoms with Gasteiger partial charge in [-0.2, -0.15) is 0 Å². The molecule has 17 heavy (non-hydrogen) atoms. The van der Waals surface area contributed by atoms with Crippen LogP contribution in [0.3, 0.4) is 0 Å². The Morgan fingerprint density at radius 3 is 2.35 bits per heavy atom. The molecule has 0 amide bonds. The zero-order valence-corrected chi connectivity index (χ0v) is 10.3. The van der Waals surface area contributed by atoms with Crippen molar-refractivity contribution in [2.45, 2.75) is 32.8 Å². The van der Waals surface area contributed by atoms with E-state index in [0.29, 0.717) is 5.76 Å². The Hall–Kier alpha value is -1.54. The minimum atomic E-state index is -0.553. The summed E-state index contributed by atoms with van der Waals surface area (Å²) in [6.07, 6.45) is 1.71. The Labute approximate surface area is 102 Å². The van der Waals surface area contributed by atoms with E-state index in [-0.39, 0.29) is 0 Å². The van der Waals surface area contributed by atoms with E-state index >= 15 is 0 Å². The predicted octanol–water partition coefficient (Wildman–Crippen LogP) is 3.95. The van der Waals surface area contributed by atoms with Crippen LogP contribution in [0.5, 0.6) is 0 Å². The van der Waals surface area contributed by atoms with Gasteiger partial charge in [0.2, 0.25) is 0 Å². The van der Waals surface area contributed by atoms with Crippen molar-refractivity contribution in [1.29, 1.82) is 0 Å². The molecule has 1 aromatic heterocycles. The van der Waals surface area contributed by atoms with E-state index < -0.39 is 6.10 Å². The molecule has 0 aliphatic heterocycles. The van der Waals surface area contributed by atoms with E-state index in [2.05, 4.69) is 31.2 Å². The summed E-state index contributed by atoms with van der Waals surface area (Å²) in [6, 6.07) is 12.1. The smallest absolute Gasteiger partial charge is 0.134 e. The average Bonchev–Trinajstić information content (AvgIpc) is 2.80. The summed E-state index contributed by atoms with van der Waals surface area (Å²) in [5, 5.41) is 9.40. The summed E-state index contributed by atoms with van der Waals surface area (Å²) in [6.45, 7) is 3.88. The molecule has 2 heteroatoms. The van der Waals surface area contributed by atoms with E-state index in [9.17, 15) is 5.11 Å². The monoisotopic (exact) mass is 230 g/mol. The molecule has 0 saturated carbocycles. The van der Waals surface area contributed by atoms with Crippen LogP contribution in [0.15, 0.2) is 40.8 Å². The minimum Gasteiger partial charge on any atom is -0.458 e. The second-order valence-corrected chi connectivity index (χ2v) is 4.32. The van der Waals surface area contributed by atoms with Crippen molar-refractivity contribution < 1.29 is 9.52 Å². The van der Waals surface area contributed by atoms with Crippen molar-refractivity contribution in [2.75, 3.05) is 0 Å². The highest BCUT2D eigenvalue weighted by Gasteiger charge is 2.08. The molecule has 0 radical (unpaired) electrons. The Balaban J connectivity index is 2.21. The van der Waals surface area contributed by atoms with Crippen LogP contribution in [0.4, 0.5) is 0 Å². The summed E-state index contributed by atoms with van der Waals surface area (Å²) in [5.74, 6) is 1.42. The van der Waals surface area contributed by atoms with Crippen molar-refractivity contribution in [3.63, 3.8) is 0 Å². The molecule has 1 atom stereocenters. The molecule has 0 saturated heterocycles. The fourth-order valence-corrected chi connectivity index (χ4v) is 1.86. The number of hydrogen-bond acceptors (Lipinski definition) is 2. The zero-order chi connectivity index (χ0) is 12.3. The SMILES string of the molecule is CCCc1ccc(-c2ccc(C(C)O)o2)cc1. The first-order valence-electron chi connectivity index (χ1n) is 6.08. The van der Waals surface area contributed by atoms with Crippen LogP contribution >= 0.6 is 0 Å². The normalized spacial score (nSPS) is 12.6. The van der Waals surface area contributed by atoms with Gasteiger partial charge >= 0.3 is 0 Å².